The van der Waals surface area contributed by atoms with E-state index in [0.29, 0.717) is 42.9 Å². The van der Waals surface area contributed by atoms with Crippen LogP contribution in [0.15, 0.2) is 60.7 Å². The van der Waals surface area contributed by atoms with Gasteiger partial charge in [-0.1, -0.05) is 24.3 Å². The van der Waals surface area contributed by atoms with Gasteiger partial charge in [0.15, 0.2) is 5.13 Å². The van der Waals surface area contributed by atoms with Crippen LogP contribution in [-0.4, -0.2) is 77.9 Å². The maximum Gasteiger partial charge on any atom is 0.414 e. The lowest BCUT2D eigenvalue weighted by Crippen LogP contribution is -2.54. The second-order valence-corrected chi connectivity index (χ2v) is 14.8. The van der Waals surface area contributed by atoms with Crippen LogP contribution in [0.25, 0.3) is 11.3 Å². The maximum absolute atomic E-state index is 13.3. The molecule has 15 heteroatoms. The number of anilines is 3. The number of aromatic nitrogens is 1. The van der Waals surface area contributed by atoms with Gasteiger partial charge in [-0.3, -0.25) is 39.1 Å². The van der Waals surface area contributed by atoms with E-state index in [-0.39, 0.29) is 42.4 Å². The Morgan fingerprint density at radius 2 is 1.84 bits per heavy atom. The maximum atomic E-state index is 13.3. The third kappa shape index (κ3) is 8.06. The summed E-state index contributed by atoms with van der Waals surface area (Å²) < 4.78 is 11.0. The van der Waals surface area contributed by atoms with E-state index in [9.17, 15) is 28.8 Å². The Balaban J connectivity index is 0.848. The molecule has 0 saturated carbocycles. The first kappa shape index (κ1) is 37.2. The second-order valence-electron chi connectivity index (χ2n) is 13.6. The van der Waals surface area contributed by atoms with E-state index in [2.05, 4.69) is 16.0 Å². The molecule has 2 fully saturated rings. The summed E-state index contributed by atoms with van der Waals surface area (Å²) in [5.41, 5.74) is 5.23. The summed E-state index contributed by atoms with van der Waals surface area (Å²) in [4.78, 5) is 83.6. The van der Waals surface area contributed by atoms with Crippen LogP contribution in [0.4, 0.5) is 21.3 Å². The lowest BCUT2D eigenvalue weighted by molar-refractivity contribution is -0.136. The third-order valence-electron chi connectivity index (χ3n) is 9.70. The highest BCUT2D eigenvalue weighted by Gasteiger charge is 2.45. The Bertz CT molecular complexity index is 2200. The molecule has 1 aromatic heterocycles. The number of benzene rings is 3. The fourth-order valence-electron chi connectivity index (χ4n) is 7.01. The van der Waals surface area contributed by atoms with E-state index in [0.717, 1.165) is 57.1 Å². The van der Waals surface area contributed by atoms with Crippen molar-refractivity contribution in [2.45, 2.75) is 58.4 Å². The minimum Gasteiger partial charge on any atom is -0.494 e. The van der Waals surface area contributed by atoms with Crippen LogP contribution in [-0.2, 0) is 25.5 Å². The van der Waals surface area contributed by atoms with Gasteiger partial charge in [0, 0.05) is 29.1 Å². The van der Waals surface area contributed by atoms with Crippen LogP contribution < -0.4 is 25.6 Å². The van der Waals surface area contributed by atoms with Gasteiger partial charge < -0.3 is 20.1 Å². The zero-order valence-electron chi connectivity index (χ0n) is 30.4. The van der Waals surface area contributed by atoms with Crippen molar-refractivity contribution < 1.29 is 38.2 Å². The number of nitrogens with one attached hydrogen (secondary N) is 3. The summed E-state index contributed by atoms with van der Waals surface area (Å²) in [6.45, 7) is 5.84. The molecule has 14 nitrogen and oxygen atoms in total. The molecule has 0 radical (unpaired) electrons. The number of thiazole rings is 1. The molecule has 2 saturated heterocycles. The van der Waals surface area contributed by atoms with Crippen molar-refractivity contribution in [3.63, 3.8) is 0 Å². The lowest BCUT2D eigenvalue weighted by atomic mass is 10.0. The topological polar surface area (TPSA) is 176 Å². The zero-order valence-corrected chi connectivity index (χ0v) is 31.3. The number of hydrogen-bond donors (Lipinski definition) is 3. The standard InChI is InChI=1S/C40H40N6O8S/c1-23-20-26(12-13-30(23)45-17-19-54-40(45)52)35-24(2)55-39(44-35)43-33(48)22-25-8-6-9-27(21-25)53-18-5-3-4-16-41-29-11-7-10-28-34(29)38(51)46(37(28)50)31-14-15-32(47)42-36(31)49/h6-13,20-21,31,41H,3-5,14-19,22H2,1-2H3,(H,42,47,49)(H,43,44,48). The Morgan fingerprint density at radius 1 is 1.00 bits per heavy atom. The van der Waals surface area contributed by atoms with Crippen LogP contribution in [0.5, 0.6) is 5.75 Å². The first-order valence-corrected chi connectivity index (χ1v) is 19.0. The van der Waals surface area contributed by atoms with E-state index in [1.165, 1.54) is 11.3 Å². The summed E-state index contributed by atoms with van der Waals surface area (Å²) in [5.74, 6) is -1.65. The molecule has 0 aliphatic carbocycles. The SMILES string of the molecule is Cc1cc(-c2nc(NC(=O)Cc3cccc(OCCCCCNc4cccc5c4C(=O)N(C4CCC(=O)NC4=O)C5=O)c3)sc2C)ccc1N1CCOC1=O. The Kier molecular flexibility index (Phi) is 10.9. The highest BCUT2D eigenvalue weighted by atomic mass is 32.1. The number of hydrogen-bond acceptors (Lipinski definition) is 11. The molecule has 284 valence electrons. The van der Waals surface area contributed by atoms with Crippen LogP contribution in [0.1, 0.15) is 68.8 Å². The number of unbranched alkanes of at least 4 members (excludes halogenated alkanes) is 2. The van der Waals surface area contributed by atoms with Gasteiger partial charge in [-0.05, 0) is 87.1 Å². The summed E-state index contributed by atoms with van der Waals surface area (Å²) >= 11 is 1.41. The van der Waals surface area contributed by atoms with E-state index in [1.807, 2.05) is 56.3 Å². The molecule has 1 unspecified atom stereocenters. The number of rotatable bonds is 14. The van der Waals surface area contributed by atoms with Gasteiger partial charge >= 0.3 is 6.09 Å². The number of fused-ring (bicyclic) bond motifs is 1. The zero-order chi connectivity index (χ0) is 38.6. The molecule has 55 heavy (non-hydrogen) atoms. The molecule has 4 heterocycles. The van der Waals surface area contributed by atoms with Gasteiger partial charge in [0.1, 0.15) is 18.4 Å². The van der Waals surface area contributed by atoms with Crippen LogP contribution in [0.2, 0.25) is 0 Å². The van der Waals surface area contributed by atoms with Crippen molar-refractivity contribution in [3.8, 4) is 17.0 Å². The van der Waals surface area contributed by atoms with Crippen molar-refractivity contribution in [3.05, 3.63) is 87.8 Å². The largest absolute Gasteiger partial charge is 0.494 e. The number of amides is 6. The van der Waals surface area contributed by atoms with Crippen LogP contribution in [0, 0.1) is 13.8 Å². The number of aryl methyl sites for hydroxylation is 2. The van der Waals surface area contributed by atoms with Crippen LogP contribution in [0.3, 0.4) is 0 Å². The van der Waals surface area contributed by atoms with Gasteiger partial charge in [0.05, 0.1) is 42.1 Å². The molecule has 3 aliphatic rings. The highest BCUT2D eigenvalue weighted by molar-refractivity contribution is 7.16. The molecule has 0 bridgehead atoms. The van der Waals surface area contributed by atoms with E-state index < -0.39 is 29.7 Å². The van der Waals surface area contributed by atoms with Crippen molar-refractivity contribution >= 4 is 63.5 Å². The number of imide groups is 2. The first-order valence-electron chi connectivity index (χ1n) is 18.2. The van der Waals surface area contributed by atoms with Gasteiger partial charge in [-0.2, -0.15) is 0 Å². The Hall–Kier alpha value is -6.09. The fraction of sp³-hybridized carbons (Fsp3) is 0.325. The van der Waals surface area contributed by atoms with Crippen LogP contribution >= 0.6 is 11.3 Å². The number of piperidine rings is 1. The minimum absolute atomic E-state index is 0.0659. The number of cyclic esters (lactones) is 1. The number of carbonyl (C=O) groups is 6. The number of ether oxygens (including phenoxy) is 2. The van der Waals surface area contributed by atoms with Crippen molar-refractivity contribution in [1.29, 1.82) is 0 Å². The van der Waals surface area contributed by atoms with E-state index >= 15 is 0 Å². The average molecular weight is 765 g/mol. The molecule has 3 aliphatic heterocycles. The summed E-state index contributed by atoms with van der Waals surface area (Å²) in [7, 11) is 0. The first-order chi connectivity index (χ1) is 26.6. The number of carbonyl (C=O) groups excluding carboxylic acids is 6. The lowest BCUT2D eigenvalue weighted by Gasteiger charge is -2.27. The van der Waals surface area contributed by atoms with Gasteiger partial charge in [0.2, 0.25) is 17.7 Å². The summed E-state index contributed by atoms with van der Waals surface area (Å²) in [5, 5.41) is 8.92. The molecule has 0 spiro atoms. The molecule has 3 N–H and O–H groups in total. The highest BCUT2D eigenvalue weighted by Crippen LogP contribution is 2.35. The number of nitrogens with zero attached hydrogens (tertiary/aromatic N) is 3. The molecule has 1 atom stereocenters. The van der Waals surface area contributed by atoms with Crippen molar-refractivity contribution in [2.24, 2.45) is 0 Å². The minimum atomic E-state index is -1.01. The summed E-state index contributed by atoms with van der Waals surface area (Å²) in [6, 6.07) is 17.2. The smallest absolute Gasteiger partial charge is 0.414 e. The molecular weight excluding hydrogens is 725 g/mol. The summed E-state index contributed by atoms with van der Waals surface area (Å²) in [6.07, 6.45) is 2.38. The molecule has 7 rings (SSSR count). The third-order valence-corrected chi connectivity index (χ3v) is 10.6. The molecule has 6 amide bonds. The average Bonchev–Trinajstić information content (AvgIpc) is 3.82. The predicted octanol–water partition coefficient (Wildman–Crippen LogP) is 5.63. The van der Waals surface area contributed by atoms with E-state index in [4.69, 9.17) is 14.5 Å². The monoisotopic (exact) mass is 764 g/mol. The Morgan fingerprint density at radius 3 is 2.62 bits per heavy atom. The fourth-order valence-corrected chi connectivity index (χ4v) is 7.86. The van der Waals surface area contributed by atoms with Crippen molar-refractivity contribution in [2.75, 3.05) is 41.8 Å². The molecular formula is C40H40N6O8S. The van der Waals surface area contributed by atoms with Gasteiger partial charge in [-0.25, -0.2) is 9.78 Å². The van der Waals surface area contributed by atoms with Gasteiger partial charge in [-0.15, -0.1) is 11.3 Å². The van der Waals surface area contributed by atoms with Crippen molar-refractivity contribution in [1.82, 2.24) is 15.2 Å². The molecule has 4 aromatic rings. The second kappa shape index (κ2) is 16.1. The van der Waals surface area contributed by atoms with E-state index in [1.54, 1.807) is 23.1 Å². The Labute approximate surface area is 321 Å². The quantitative estimate of drug-likeness (QED) is 0.108. The normalized spacial score (nSPS) is 16.6. The predicted molar refractivity (Wildman–Crippen MR) is 205 cm³/mol. The molecule has 3 aromatic carbocycles. The van der Waals surface area contributed by atoms with Gasteiger partial charge in [0.25, 0.3) is 11.8 Å².